The van der Waals surface area contributed by atoms with Crippen molar-refractivity contribution < 1.29 is 13.2 Å². The molecule has 1 amide bonds. The lowest BCUT2D eigenvalue weighted by molar-refractivity contribution is -0.120. The van der Waals surface area contributed by atoms with Gasteiger partial charge in [0.15, 0.2) is 5.13 Å². The summed E-state index contributed by atoms with van der Waals surface area (Å²) >= 11 is 2.70. The third-order valence-electron chi connectivity index (χ3n) is 5.22. The van der Waals surface area contributed by atoms with E-state index in [0.717, 1.165) is 10.2 Å². The van der Waals surface area contributed by atoms with E-state index in [0.29, 0.717) is 41.2 Å². The largest absolute Gasteiger partial charge is 0.302 e. The summed E-state index contributed by atoms with van der Waals surface area (Å²) in [4.78, 5) is 17.4. The van der Waals surface area contributed by atoms with Gasteiger partial charge in [0.25, 0.3) is 10.0 Å². The molecule has 0 saturated carbocycles. The van der Waals surface area contributed by atoms with Gasteiger partial charge in [-0.2, -0.15) is 4.31 Å². The van der Waals surface area contributed by atoms with Crippen LogP contribution >= 0.6 is 22.7 Å². The van der Waals surface area contributed by atoms with E-state index in [2.05, 4.69) is 30.2 Å². The van der Waals surface area contributed by atoms with Crippen molar-refractivity contribution in [2.75, 3.05) is 18.4 Å². The third kappa shape index (κ3) is 4.09. The number of nitrogens with one attached hydrogen (secondary N) is 1. The number of fused-ring (bicyclic) bond motifs is 1. The molecule has 4 rings (SSSR count). The van der Waals surface area contributed by atoms with Crippen LogP contribution in [0.1, 0.15) is 38.2 Å². The Morgan fingerprint density at radius 3 is 2.62 bits per heavy atom. The highest BCUT2D eigenvalue weighted by Gasteiger charge is 2.32. The molecule has 3 aromatic rings. The monoisotopic (exact) mass is 449 g/mol. The number of thiazole rings is 1. The average molecular weight is 450 g/mol. The zero-order chi connectivity index (χ0) is 20.6. The topological polar surface area (TPSA) is 79.4 Å². The number of aromatic nitrogens is 1. The summed E-state index contributed by atoms with van der Waals surface area (Å²) in [6, 6.07) is 9.47. The molecule has 9 heteroatoms. The van der Waals surface area contributed by atoms with Gasteiger partial charge >= 0.3 is 0 Å². The van der Waals surface area contributed by atoms with Gasteiger partial charge in [-0.1, -0.05) is 43.4 Å². The van der Waals surface area contributed by atoms with Crippen molar-refractivity contribution in [3.8, 4) is 0 Å². The van der Waals surface area contributed by atoms with Gasteiger partial charge in [0.1, 0.15) is 4.21 Å². The first-order valence-electron chi connectivity index (χ1n) is 9.60. The second-order valence-corrected chi connectivity index (χ2v) is 11.6. The number of amides is 1. The van der Waals surface area contributed by atoms with Gasteiger partial charge in [-0.25, -0.2) is 13.4 Å². The summed E-state index contributed by atoms with van der Waals surface area (Å²) in [5.74, 6) is 0.0728. The van der Waals surface area contributed by atoms with E-state index in [1.165, 1.54) is 32.5 Å². The van der Waals surface area contributed by atoms with Gasteiger partial charge in [-0.05, 0) is 41.8 Å². The molecular formula is C20H23N3O3S3. The predicted molar refractivity (Wildman–Crippen MR) is 118 cm³/mol. The molecule has 154 valence electrons. The van der Waals surface area contributed by atoms with E-state index in [-0.39, 0.29) is 11.8 Å². The SMILES string of the molecule is CC(C)c1cccc2sc(NC(=O)C3CCN(S(=O)(=O)c4cccs4)CC3)nc12. The second kappa shape index (κ2) is 8.14. The Labute approximate surface area is 178 Å². The lowest BCUT2D eigenvalue weighted by Crippen LogP contribution is -2.41. The molecule has 1 aliphatic heterocycles. The van der Waals surface area contributed by atoms with Gasteiger partial charge in [0.05, 0.1) is 10.2 Å². The number of para-hydroxylation sites is 1. The van der Waals surface area contributed by atoms with Crippen LogP contribution in [-0.2, 0) is 14.8 Å². The van der Waals surface area contributed by atoms with Crippen LogP contribution in [0.25, 0.3) is 10.2 Å². The molecule has 1 aromatic carbocycles. The lowest BCUT2D eigenvalue weighted by Gasteiger charge is -2.29. The highest BCUT2D eigenvalue weighted by molar-refractivity contribution is 7.91. The zero-order valence-electron chi connectivity index (χ0n) is 16.3. The van der Waals surface area contributed by atoms with Gasteiger partial charge in [0.2, 0.25) is 5.91 Å². The molecular weight excluding hydrogens is 426 g/mol. The normalized spacial score (nSPS) is 16.5. The molecule has 1 fully saturated rings. The van der Waals surface area contributed by atoms with Crippen LogP contribution in [0.3, 0.4) is 0 Å². The minimum Gasteiger partial charge on any atom is -0.302 e. The number of hydrogen-bond acceptors (Lipinski definition) is 6. The summed E-state index contributed by atoms with van der Waals surface area (Å²) < 4.78 is 28.2. The van der Waals surface area contributed by atoms with Crippen LogP contribution in [0, 0.1) is 5.92 Å². The molecule has 3 heterocycles. The summed E-state index contributed by atoms with van der Waals surface area (Å²) in [6.07, 6.45) is 1.02. The Balaban J connectivity index is 1.42. The minimum absolute atomic E-state index is 0.0803. The highest BCUT2D eigenvalue weighted by Crippen LogP contribution is 2.32. The first-order chi connectivity index (χ1) is 13.9. The molecule has 2 aromatic heterocycles. The van der Waals surface area contributed by atoms with E-state index in [1.54, 1.807) is 17.5 Å². The Kier molecular flexibility index (Phi) is 5.74. The standard InChI is InChI=1S/C20H23N3O3S3/c1-13(2)15-5-3-6-16-18(15)21-20(28-16)22-19(24)14-8-10-23(11-9-14)29(25,26)17-7-4-12-27-17/h3-7,12-14H,8-11H2,1-2H3,(H,21,22,24). The molecule has 0 spiro atoms. The number of hydrogen-bond donors (Lipinski definition) is 1. The van der Waals surface area contributed by atoms with Crippen LogP contribution in [0.4, 0.5) is 5.13 Å². The number of nitrogens with zero attached hydrogens (tertiary/aromatic N) is 2. The van der Waals surface area contributed by atoms with Crippen molar-refractivity contribution in [3.05, 3.63) is 41.3 Å². The maximum absolute atomic E-state index is 12.7. The van der Waals surface area contributed by atoms with Crippen molar-refractivity contribution in [1.29, 1.82) is 0 Å². The first kappa shape index (κ1) is 20.5. The first-order valence-corrected chi connectivity index (χ1v) is 12.7. The van der Waals surface area contributed by atoms with Crippen LogP contribution < -0.4 is 5.32 Å². The van der Waals surface area contributed by atoms with Crippen molar-refractivity contribution in [1.82, 2.24) is 9.29 Å². The van der Waals surface area contributed by atoms with E-state index in [1.807, 2.05) is 12.1 Å². The lowest BCUT2D eigenvalue weighted by atomic mass is 9.97. The van der Waals surface area contributed by atoms with Crippen molar-refractivity contribution in [3.63, 3.8) is 0 Å². The van der Waals surface area contributed by atoms with Crippen LogP contribution in [0.2, 0.25) is 0 Å². The zero-order valence-corrected chi connectivity index (χ0v) is 18.7. The number of carbonyl (C=O) groups excluding carboxylic acids is 1. The molecule has 0 radical (unpaired) electrons. The molecule has 0 unspecified atom stereocenters. The van der Waals surface area contributed by atoms with E-state index in [9.17, 15) is 13.2 Å². The van der Waals surface area contributed by atoms with Crippen molar-refractivity contribution >= 4 is 54.0 Å². The maximum atomic E-state index is 12.7. The van der Waals surface area contributed by atoms with Gasteiger partial charge in [-0.3, -0.25) is 4.79 Å². The van der Waals surface area contributed by atoms with Crippen LogP contribution in [0.15, 0.2) is 39.9 Å². The number of rotatable bonds is 5. The average Bonchev–Trinajstić information content (AvgIpc) is 3.37. The van der Waals surface area contributed by atoms with Gasteiger partial charge in [0, 0.05) is 19.0 Å². The maximum Gasteiger partial charge on any atom is 0.252 e. The Morgan fingerprint density at radius 2 is 1.97 bits per heavy atom. The molecule has 0 atom stereocenters. The van der Waals surface area contributed by atoms with Crippen molar-refractivity contribution in [2.45, 2.75) is 36.8 Å². The second-order valence-electron chi connectivity index (χ2n) is 7.47. The molecule has 1 aliphatic rings. The van der Waals surface area contributed by atoms with E-state index in [4.69, 9.17) is 0 Å². The smallest absolute Gasteiger partial charge is 0.252 e. The van der Waals surface area contributed by atoms with E-state index >= 15 is 0 Å². The number of benzene rings is 1. The molecule has 1 N–H and O–H groups in total. The minimum atomic E-state index is -3.45. The number of sulfonamides is 1. The molecule has 0 bridgehead atoms. The third-order valence-corrected chi connectivity index (χ3v) is 9.42. The number of thiophene rings is 1. The molecule has 0 aliphatic carbocycles. The molecule has 29 heavy (non-hydrogen) atoms. The summed E-state index contributed by atoms with van der Waals surface area (Å²) in [5.41, 5.74) is 2.12. The predicted octanol–water partition coefficient (Wildman–Crippen LogP) is 4.52. The fourth-order valence-corrected chi connectivity index (χ4v) is 7.11. The number of carbonyl (C=O) groups is 1. The number of anilines is 1. The summed E-state index contributed by atoms with van der Waals surface area (Å²) in [6.45, 7) is 4.97. The van der Waals surface area contributed by atoms with Crippen molar-refractivity contribution in [2.24, 2.45) is 5.92 Å². The Morgan fingerprint density at radius 1 is 1.21 bits per heavy atom. The number of piperidine rings is 1. The fraction of sp³-hybridized carbons (Fsp3) is 0.400. The highest BCUT2D eigenvalue weighted by atomic mass is 32.2. The summed E-state index contributed by atoms with van der Waals surface area (Å²) in [5, 5.41) is 5.31. The van der Waals surface area contributed by atoms with Gasteiger partial charge in [-0.15, -0.1) is 11.3 Å². The summed E-state index contributed by atoms with van der Waals surface area (Å²) in [7, 11) is -3.45. The quantitative estimate of drug-likeness (QED) is 0.621. The van der Waals surface area contributed by atoms with Crippen LogP contribution in [0.5, 0.6) is 0 Å². The Hall–Kier alpha value is -1.81. The van der Waals surface area contributed by atoms with Crippen LogP contribution in [-0.4, -0.2) is 36.7 Å². The van der Waals surface area contributed by atoms with E-state index < -0.39 is 10.0 Å². The molecule has 6 nitrogen and oxygen atoms in total. The fourth-order valence-electron chi connectivity index (χ4n) is 3.59. The Bertz CT molecular complexity index is 1110. The van der Waals surface area contributed by atoms with Gasteiger partial charge < -0.3 is 5.32 Å². The molecule has 1 saturated heterocycles.